The Hall–Kier alpha value is -1.84. The van der Waals surface area contributed by atoms with E-state index in [0.717, 1.165) is 11.1 Å². The van der Waals surface area contributed by atoms with Gasteiger partial charge in [-0.15, -0.1) is 0 Å². The van der Waals surface area contributed by atoms with Crippen LogP contribution in [-0.4, -0.2) is 17.6 Å². The zero-order valence-corrected chi connectivity index (χ0v) is 11.9. The van der Waals surface area contributed by atoms with Gasteiger partial charge in [-0.1, -0.05) is 54.1 Å². The first kappa shape index (κ1) is 14.6. The first-order valence-electron chi connectivity index (χ1n) is 6.35. The number of aliphatic hydroxyl groups is 1. The third kappa shape index (κ3) is 3.18. The van der Waals surface area contributed by atoms with Gasteiger partial charge in [-0.25, -0.2) is 0 Å². The van der Waals surface area contributed by atoms with Gasteiger partial charge in [-0.3, -0.25) is 4.79 Å². The molecule has 2 rings (SSSR count). The fourth-order valence-electron chi connectivity index (χ4n) is 1.98. The summed E-state index contributed by atoms with van der Waals surface area (Å²) in [5, 5.41) is 12.7. The molecule has 0 saturated carbocycles. The summed E-state index contributed by atoms with van der Waals surface area (Å²) in [5.41, 5.74) is 2.12. The van der Waals surface area contributed by atoms with E-state index < -0.39 is 6.04 Å². The molecule has 2 aromatic carbocycles. The zero-order chi connectivity index (χ0) is 14.5. The van der Waals surface area contributed by atoms with Crippen LogP contribution in [-0.2, 0) is 0 Å². The topological polar surface area (TPSA) is 49.3 Å². The smallest absolute Gasteiger partial charge is 0.253 e. The highest BCUT2D eigenvalue weighted by Crippen LogP contribution is 2.21. The number of rotatable bonds is 4. The lowest BCUT2D eigenvalue weighted by Gasteiger charge is -2.17. The summed E-state index contributed by atoms with van der Waals surface area (Å²) < 4.78 is 0. The van der Waals surface area contributed by atoms with Gasteiger partial charge in [0.1, 0.15) is 0 Å². The van der Waals surface area contributed by atoms with Crippen molar-refractivity contribution in [3.63, 3.8) is 0 Å². The van der Waals surface area contributed by atoms with Crippen molar-refractivity contribution in [2.45, 2.75) is 13.0 Å². The molecule has 1 amide bonds. The van der Waals surface area contributed by atoms with Crippen LogP contribution in [0.25, 0.3) is 0 Å². The van der Waals surface area contributed by atoms with Crippen molar-refractivity contribution in [3.05, 3.63) is 70.2 Å². The zero-order valence-electron chi connectivity index (χ0n) is 11.1. The molecule has 0 aliphatic rings. The van der Waals surface area contributed by atoms with E-state index in [0.29, 0.717) is 10.6 Å². The number of hydrogen-bond acceptors (Lipinski definition) is 2. The van der Waals surface area contributed by atoms with Crippen LogP contribution in [0.4, 0.5) is 0 Å². The van der Waals surface area contributed by atoms with Crippen LogP contribution >= 0.6 is 11.6 Å². The normalized spacial score (nSPS) is 11.9. The van der Waals surface area contributed by atoms with Crippen LogP contribution in [0.15, 0.2) is 48.5 Å². The minimum atomic E-state index is -0.444. The van der Waals surface area contributed by atoms with Crippen molar-refractivity contribution in [2.24, 2.45) is 0 Å². The third-order valence-electron chi connectivity index (χ3n) is 3.13. The summed E-state index contributed by atoms with van der Waals surface area (Å²) in [6.45, 7) is 1.68. The lowest BCUT2D eigenvalue weighted by Crippen LogP contribution is -2.31. The Morgan fingerprint density at radius 3 is 2.55 bits per heavy atom. The molecule has 2 aromatic rings. The van der Waals surface area contributed by atoms with Crippen LogP contribution in [0.5, 0.6) is 0 Å². The minimum Gasteiger partial charge on any atom is -0.394 e. The molecule has 2 N–H and O–H groups in total. The largest absolute Gasteiger partial charge is 0.394 e. The molecule has 0 spiro atoms. The molecule has 0 aliphatic carbocycles. The quantitative estimate of drug-likeness (QED) is 0.908. The van der Waals surface area contributed by atoms with Gasteiger partial charge in [0.25, 0.3) is 5.91 Å². The van der Waals surface area contributed by atoms with Gasteiger partial charge in [-0.05, 0) is 24.1 Å². The average Bonchev–Trinajstić information content (AvgIpc) is 2.48. The second-order valence-electron chi connectivity index (χ2n) is 4.56. The van der Waals surface area contributed by atoms with Crippen molar-refractivity contribution in [3.8, 4) is 0 Å². The Labute approximate surface area is 123 Å². The predicted molar refractivity (Wildman–Crippen MR) is 79.9 cm³/mol. The Balaban J connectivity index is 2.20. The summed E-state index contributed by atoms with van der Waals surface area (Å²) in [4.78, 5) is 12.3. The highest BCUT2D eigenvalue weighted by Gasteiger charge is 2.17. The Morgan fingerprint density at radius 2 is 1.90 bits per heavy atom. The molecule has 0 bridgehead atoms. The standard InChI is InChI=1S/C16H16ClNO2/c1-11-6-5-9-13(15(11)17)16(20)18-14(10-19)12-7-3-2-4-8-12/h2-9,14,19H,10H2,1H3,(H,18,20)/t14-/m0/s1. The molecule has 0 unspecified atom stereocenters. The molecular weight excluding hydrogens is 274 g/mol. The first-order valence-corrected chi connectivity index (χ1v) is 6.73. The van der Waals surface area contributed by atoms with Crippen molar-refractivity contribution in [1.29, 1.82) is 0 Å². The predicted octanol–water partition coefficient (Wildman–Crippen LogP) is 3.11. The maximum Gasteiger partial charge on any atom is 0.253 e. The highest BCUT2D eigenvalue weighted by atomic mass is 35.5. The molecule has 0 aromatic heterocycles. The van der Waals surface area contributed by atoms with Crippen molar-refractivity contribution in [1.82, 2.24) is 5.32 Å². The second-order valence-corrected chi connectivity index (χ2v) is 4.93. The molecule has 0 saturated heterocycles. The summed E-state index contributed by atoms with van der Waals surface area (Å²) in [5.74, 6) is -0.290. The molecule has 3 nitrogen and oxygen atoms in total. The molecule has 0 fully saturated rings. The number of aryl methyl sites for hydroxylation is 1. The van der Waals surface area contributed by atoms with Gasteiger partial charge in [-0.2, -0.15) is 0 Å². The van der Waals surface area contributed by atoms with E-state index in [-0.39, 0.29) is 12.5 Å². The lowest BCUT2D eigenvalue weighted by atomic mass is 10.1. The highest BCUT2D eigenvalue weighted by molar-refractivity contribution is 6.34. The SMILES string of the molecule is Cc1cccc(C(=O)N[C@@H](CO)c2ccccc2)c1Cl. The third-order valence-corrected chi connectivity index (χ3v) is 3.63. The van der Waals surface area contributed by atoms with Crippen LogP contribution in [0, 0.1) is 6.92 Å². The lowest BCUT2D eigenvalue weighted by molar-refractivity contribution is 0.0916. The minimum absolute atomic E-state index is 0.167. The molecule has 4 heteroatoms. The monoisotopic (exact) mass is 289 g/mol. The van der Waals surface area contributed by atoms with Crippen LogP contribution in [0.1, 0.15) is 27.5 Å². The number of carbonyl (C=O) groups excluding carboxylic acids is 1. The summed E-state index contributed by atoms with van der Waals surface area (Å²) in [6.07, 6.45) is 0. The van der Waals surface area contributed by atoms with E-state index in [4.69, 9.17) is 11.6 Å². The van der Waals surface area contributed by atoms with E-state index in [1.165, 1.54) is 0 Å². The van der Waals surface area contributed by atoms with Crippen LogP contribution < -0.4 is 5.32 Å². The van der Waals surface area contributed by atoms with Gasteiger partial charge < -0.3 is 10.4 Å². The molecule has 0 radical (unpaired) electrons. The van der Waals surface area contributed by atoms with E-state index in [1.807, 2.05) is 43.3 Å². The fraction of sp³-hybridized carbons (Fsp3) is 0.188. The number of halogens is 1. The Bertz CT molecular complexity index is 599. The van der Waals surface area contributed by atoms with E-state index >= 15 is 0 Å². The van der Waals surface area contributed by atoms with Gasteiger partial charge in [0.05, 0.1) is 23.2 Å². The second kappa shape index (κ2) is 6.55. The molecule has 1 atom stereocenters. The summed E-state index contributed by atoms with van der Waals surface area (Å²) in [6, 6.07) is 14.2. The number of benzene rings is 2. The summed E-state index contributed by atoms with van der Waals surface area (Å²) >= 11 is 6.14. The maximum atomic E-state index is 12.3. The summed E-state index contributed by atoms with van der Waals surface area (Å²) in [7, 11) is 0. The van der Waals surface area contributed by atoms with E-state index in [9.17, 15) is 9.90 Å². The van der Waals surface area contributed by atoms with E-state index in [2.05, 4.69) is 5.32 Å². The van der Waals surface area contributed by atoms with Crippen LogP contribution in [0.2, 0.25) is 5.02 Å². The van der Waals surface area contributed by atoms with Crippen molar-refractivity contribution in [2.75, 3.05) is 6.61 Å². The molecule has 0 heterocycles. The Morgan fingerprint density at radius 1 is 1.20 bits per heavy atom. The van der Waals surface area contributed by atoms with Gasteiger partial charge in [0, 0.05) is 0 Å². The van der Waals surface area contributed by atoms with Gasteiger partial charge in [0.15, 0.2) is 0 Å². The molecular formula is C16H16ClNO2. The van der Waals surface area contributed by atoms with Crippen LogP contribution in [0.3, 0.4) is 0 Å². The number of carbonyl (C=O) groups is 1. The van der Waals surface area contributed by atoms with Gasteiger partial charge >= 0.3 is 0 Å². The molecule has 0 aliphatic heterocycles. The van der Waals surface area contributed by atoms with Crippen molar-refractivity contribution < 1.29 is 9.90 Å². The van der Waals surface area contributed by atoms with Gasteiger partial charge in [0.2, 0.25) is 0 Å². The average molecular weight is 290 g/mol. The number of hydrogen-bond donors (Lipinski definition) is 2. The number of amides is 1. The fourth-order valence-corrected chi connectivity index (χ4v) is 2.19. The maximum absolute atomic E-state index is 12.3. The number of aliphatic hydroxyl groups excluding tert-OH is 1. The molecule has 104 valence electrons. The Kier molecular flexibility index (Phi) is 4.77. The van der Waals surface area contributed by atoms with Crippen molar-refractivity contribution >= 4 is 17.5 Å². The van der Waals surface area contributed by atoms with E-state index in [1.54, 1.807) is 12.1 Å². The number of nitrogens with one attached hydrogen (secondary N) is 1. The first-order chi connectivity index (χ1) is 9.63. The molecule has 20 heavy (non-hydrogen) atoms.